The summed E-state index contributed by atoms with van der Waals surface area (Å²) in [6.07, 6.45) is 14.3. The molecule has 0 spiro atoms. The van der Waals surface area contributed by atoms with Crippen LogP contribution in [-0.4, -0.2) is 38.8 Å². The minimum Gasteiger partial charge on any atom is -0.355 e. The molecule has 0 aliphatic carbocycles. The van der Waals surface area contributed by atoms with Crippen LogP contribution in [0.4, 0.5) is 0 Å². The van der Waals surface area contributed by atoms with Crippen LogP contribution in [0, 0.1) is 0 Å². The van der Waals surface area contributed by atoms with Gasteiger partial charge in [-0.2, -0.15) is 12.6 Å². The molecule has 0 amide bonds. The minimum absolute atomic E-state index is 0.196. The van der Waals surface area contributed by atoms with Crippen LogP contribution in [0.3, 0.4) is 0 Å². The molecule has 0 aromatic heterocycles. The molecule has 22 heavy (non-hydrogen) atoms. The molecule has 0 atom stereocenters. The molecule has 0 saturated carbocycles. The van der Waals surface area contributed by atoms with Crippen molar-refractivity contribution >= 4 is 18.9 Å². The molecule has 0 heterocycles. The van der Waals surface area contributed by atoms with Gasteiger partial charge in [0.25, 0.3) is 0 Å². The number of hydrogen-bond donors (Lipinski definition) is 1. The monoisotopic (exact) mass is 334 g/mol. The smallest absolute Gasteiger partial charge is 0.149 e. The second kappa shape index (κ2) is 20.9. The van der Waals surface area contributed by atoms with Gasteiger partial charge in [-0.15, -0.1) is 0 Å². The van der Waals surface area contributed by atoms with Crippen LogP contribution >= 0.6 is 12.6 Å². The second-order valence-electron chi connectivity index (χ2n) is 5.47. The van der Waals surface area contributed by atoms with E-state index in [2.05, 4.69) is 12.6 Å². The maximum Gasteiger partial charge on any atom is 0.149 e. The number of rotatable bonds is 19. The van der Waals surface area contributed by atoms with Gasteiger partial charge >= 0.3 is 0 Å². The Kier molecular flexibility index (Phi) is 20.8. The highest BCUT2D eigenvalue weighted by Crippen LogP contribution is 2.10. The number of carbonyl (C=O) groups is 1. The van der Waals surface area contributed by atoms with Gasteiger partial charge in [-0.25, -0.2) is 0 Å². The highest BCUT2D eigenvalue weighted by Gasteiger charge is 1.94. The van der Waals surface area contributed by atoms with Gasteiger partial charge in [0.2, 0.25) is 0 Å². The predicted molar refractivity (Wildman–Crippen MR) is 93.4 cm³/mol. The number of thiol groups is 1. The van der Waals surface area contributed by atoms with Crippen LogP contribution in [0.5, 0.6) is 0 Å². The molecule has 0 N–H and O–H groups in total. The summed E-state index contributed by atoms with van der Waals surface area (Å²) < 4.78 is 15.5. The molecule has 5 heteroatoms. The Morgan fingerprint density at radius 3 is 1.68 bits per heavy atom. The third kappa shape index (κ3) is 19.9. The molecule has 0 unspecified atom stereocenters. The van der Waals surface area contributed by atoms with E-state index in [1.165, 1.54) is 57.8 Å². The van der Waals surface area contributed by atoms with Gasteiger partial charge in [0.15, 0.2) is 0 Å². The quantitative estimate of drug-likeness (QED) is 0.165. The molecule has 0 aliphatic heterocycles. The standard InChI is InChI=1S/C17H34O4S/c18-12-11-14-20-17-21-16-19-13-9-7-5-3-1-2-4-6-8-10-15-22/h12,22H,1-11,13-17H2. The maximum atomic E-state index is 10.0. The van der Waals surface area contributed by atoms with Gasteiger partial charge in [0.1, 0.15) is 19.9 Å². The highest BCUT2D eigenvalue weighted by molar-refractivity contribution is 7.80. The first-order valence-electron chi connectivity index (χ1n) is 8.69. The molecule has 4 nitrogen and oxygen atoms in total. The molecule has 0 saturated heterocycles. The fourth-order valence-electron chi connectivity index (χ4n) is 2.13. The van der Waals surface area contributed by atoms with Gasteiger partial charge in [0.05, 0.1) is 6.61 Å². The zero-order chi connectivity index (χ0) is 16.1. The van der Waals surface area contributed by atoms with Gasteiger partial charge in [0, 0.05) is 13.0 Å². The molecule has 0 radical (unpaired) electrons. The molecule has 132 valence electrons. The summed E-state index contributed by atoms with van der Waals surface area (Å²) in [7, 11) is 0. The average Bonchev–Trinajstić information content (AvgIpc) is 2.54. The third-order valence-corrected chi connectivity index (χ3v) is 3.73. The average molecular weight is 335 g/mol. The summed E-state index contributed by atoms with van der Waals surface area (Å²) >= 11 is 4.22. The van der Waals surface area contributed by atoms with Crippen molar-refractivity contribution < 1.29 is 19.0 Å². The fraction of sp³-hybridized carbons (Fsp3) is 0.941. The second-order valence-corrected chi connectivity index (χ2v) is 5.92. The molecular weight excluding hydrogens is 300 g/mol. The van der Waals surface area contributed by atoms with E-state index in [9.17, 15) is 4.79 Å². The fourth-order valence-corrected chi connectivity index (χ4v) is 2.35. The van der Waals surface area contributed by atoms with Crippen molar-refractivity contribution in [2.45, 2.75) is 70.6 Å². The summed E-state index contributed by atoms with van der Waals surface area (Å²) in [6, 6.07) is 0. The van der Waals surface area contributed by atoms with E-state index in [0.717, 1.165) is 25.1 Å². The first-order valence-corrected chi connectivity index (χ1v) is 9.32. The van der Waals surface area contributed by atoms with E-state index in [0.29, 0.717) is 13.0 Å². The SMILES string of the molecule is O=CCCOCOCOCCCCCCCCCCCCS. The lowest BCUT2D eigenvalue weighted by molar-refractivity contribution is -0.133. The highest BCUT2D eigenvalue weighted by atomic mass is 32.1. The van der Waals surface area contributed by atoms with Crippen LogP contribution in [0.25, 0.3) is 0 Å². The van der Waals surface area contributed by atoms with Gasteiger partial charge in [-0.05, 0) is 18.6 Å². The van der Waals surface area contributed by atoms with Crippen molar-refractivity contribution in [1.29, 1.82) is 0 Å². The minimum atomic E-state index is 0.196. The Bertz CT molecular complexity index is 215. The number of ether oxygens (including phenoxy) is 3. The Morgan fingerprint density at radius 2 is 1.14 bits per heavy atom. The number of hydrogen-bond acceptors (Lipinski definition) is 5. The van der Waals surface area contributed by atoms with Gasteiger partial charge in [-0.1, -0.05) is 51.4 Å². The molecule has 0 aromatic carbocycles. The van der Waals surface area contributed by atoms with Crippen molar-refractivity contribution in [3.63, 3.8) is 0 Å². The van der Waals surface area contributed by atoms with Crippen molar-refractivity contribution in [2.24, 2.45) is 0 Å². The summed E-state index contributed by atoms with van der Waals surface area (Å²) in [5, 5.41) is 0. The van der Waals surface area contributed by atoms with Crippen molar-refractivity contribution in [3.8, 4) is 0 Å². The third-order valence-electron chi connectivity index (χ3n) is 3.41. The lowest BCUT2D eigenvalue weighted by atomic mass is 10.1. The van der Waals surface area contributed by atoms with E-state index in [-0.39, 0.29) is 13.6 Å². The molecule has 0 bridgehead atoms. The van der Waals surface area contributed by atoms with E-state index in [1.807, 2.05) is 0 Å². The van der Waals surface area contributed by atoms with Crippen LogP contribution in [0.15, 0.2) is 0 Å². The van der Waals surface area contributed by atoms with Crippen LogP contribution in [0.1, 0.15) is 70.6 Å². The Labute approximate surface area is 141 Å². The first-order chi connectivity index (χ1) is 10.9. The van der Waals surface area contributed by atoms with Crippen molar-refractivity contribution in [3.05, 3.63) is 0 Å². The first kappa shape index (κ1) is 21.9. The number of carbonyl (C=O) groups excluding carboxylic acids is 1. The largest absolute Gasteiger partial charge is 0.355 e. The summed E-state index contributed by atoms with van der Waals surface area (Å²) in [5.41, 5.74) is 0. The lowest BCUT2D eigenvalue weighted by Gasteiger charge is -2.06. The van der Waals surface area contributed by atoms with Gasteiger partial charge < -0.3 is 19.0 Å². The van der Waals surface area contributed by atoms with E-state index < -0.39 is 0 Å². The van der Waals surface area contributed by atoms with Gasteiger partial charge in [-0.3, -0.25) is 0 Å². The maximum absolute atomic E-state index is 10.0. The number of aldehydes is 1. The summed E-state index contributed by atoms with van der Waals surface area (Å²) in [4.78, 5) is 10.0. The summed E-state index contributed by atoms with van der Waals surface area (Å²) in [6.45, 7) is 1.63. The van der Waals surface area contributed by atoms with E-state index >= 15 is 0 Å². The van der Waals surface area contributed by atoms with Crippen molar-refractivity contribution in [1.82, 2.24) is 0 Å². The van der Waals surface area contributed by atoms with E-state index in [4.69, 9.17) is 14.2 Å². The van der Waals surface area contributed by atoms with Crippen molar-refractivity contribution in [2.75, 3.05) is 32.6 Å². The zero-order valence-electron chi connectivity index (χ0n) is 14.0. The summed E-state index contributed by atoms with van der Waals surface area (Å²) in [5.74, 6) is 1.03. The topological polar surface area (TPSA) is 44.8 Å². The lowest BCUT2D eigenvalue weighted by Crippen LogP contribution is -2.06. The molecule has 0 aromatic rings. The molecule has 0 aliphatic rings. The Morgan fingerprint density at radius 1 is 0.636 bits per heavy atom. The Balaban J connectivity index is 2.92. The molecule has 0 rings (SSSR count). The van der Waals surface area contributed by atoms with E-state index in [1.54, 1.807) is 0 Å². The zero-order valence-corrected chi connectivity index (χ0v) is 14.9. The molecular formula is C17H34O4S. The van der Waals surface area contributed by atoms with Crippen LogP contribution in [-0.2, 0) is 19.0 Å². The Hall–Kier alpha value is -0.100. The normalized spacial score (nSPS) is 11.0. The number of unbranched alkanes of at least 4 members (excludes halogenated alkanes) is 9. The molecule has 0 fully saturated rings. The van der Waals surface area contributed by atoms with Crippen LogP contribution < -0.4 is 0 Å². The predicted octanol–water partition coefficient (Wildman–Crippen LogP) is 4.37. The van der Waals surface area contributed by atoms with Crippen LogP contribution in [0.2, 0.25) is 0 Å².